The number of carbonyl (C=O) groups is 1. The van der Waals surface area contributed by atoms with E-state index < -0.39 is 11.8 Å². The van der Waals surface area contributed by atoms with Crippen LogP contribution in [0.1, 0.15) is 43.0 Å². The molecule has 0 aliphatic heterocycles. The Morgan fingerprint density at radius 2 is 1.97 bits per heavy atom. The van der Waals surface area contributed by atoms with Gasteiger partial charge in [0.15, 0.2) is 11.6 Å². The maximum absolute atomic E-state index is 14.6. The fourth-order valence-electron chi connectivity index (χ4n) is 3.83. The average Bonchev–Trinajstić information content (AvgIpc) is 2.71. The van der Waals surface area contributed by atoms with Gasteiger partial charge < -0.3 is 15.7 Å². The number of rotatable bonds is 5. The number of halogens is 1. The first-order valence-corrected chi connectivity index (χ1v) is 9.83. The molecule has 0 amide bonds. The highest BCUT2D eigenvalue weighted by molar-refractivity contribution is 5.95. The van der Waals surface area contributed by atoms with Gasteiger partial charge in [-0.3, -0.25) is 4.98 Å². The Kier molecular flexibility index (Phi) is 5.29. The van der Waals surface area contributed by atoms with Crippen molar-refractivity contribution in [1.29, 1.82) is 0 Å². The van der Waals surface area contributed by atoms with E-state index in [4.69, 9.17) is 0 Å². The van der Waals surface area contributed by atoms with Gasteiger partial charge in [0, 0.05) is 11.4 Å². The molecule has 29 heavy (non-hydrogen) atoms. The van der Waals surface area contributed by atoms with Crippen LogP contribution in [0.2, 0.25) is 0 Å². The number of carboxylic acid groups (broad SMARTS) is 1. The molecule has 3 N–H and O–H groups in total. The highest BCUT2D eigenvalue weighted by Gasteiger charge is 2.24. The van der Waals surface area contributed by atoms with E-state index in [9.17, 15) is 14.3 Å². The second-order valence-electron chi connectivity index (χ2n) is 7.57. The van der Waals surface area contributed by atoms with Crippen LogP contribution in [0.3, 0.4) is 0 Å². The minimum atomic E-state index is -1.25. The Hall–Kier alpha value is -3.22. The molecule has 7 heteroatoms. The smallest absolute Gasteiger partial charge is 0.339 e. The van der Waals surface area contributed by atoms with Crippen molar-refractivity contribution in [3.63, 3.8) is 0 Å². The number of benzene rings is 1. The lowest BCUT2D eigenvalue weighted by Gasteiger charge is -2.30. The molecule has 0 radical (unpaired) electrons. The molecular weight excluding hydrogens is 371 g/mol. The van der Waals surface area contributed by atoms with Crippen LogP contribution in [0.15, 0.2) is 42.6 Å². The summed E-state index contributed by atoms with van der Waals surface area (Å²) >= 11 is 0. The Balaban J connectivity index is 1.67. The van der Waals surface area contributed by atoms with Crippen molar-refractivity contribution in [1.82, 2.24) is 9.97 Å². The summed E-state index contributed by atoms with van der Waals surface area (Å²) in [6.07, 6.45) is 5.90. The molecule has 6 nitrogen and oxygen atoms in total. The minimum absolute atomic E-state index is 0.0741. The zero-order valence-corrected chi connectivity index (χ0v) is 16.2. The molecular formula is C22H23FN4O2. The van der Waals surface area contributed by atoms with Gasteiger partial charge in [-0.1, -0.05) is 38.0 Å². The van der Waals surface area contributed by atoms with Crippen molar-refractivity contribution in [2.24, 2.45) is 5.92 Å². The van der Waals surface area contributed by atoms with E-state index in [0.717, 1.165) is 36.2 Å². The fourth-order valence-corrected chi connectivity index (χ4v) is 3.83. The molecule has 0 bridgehead atoms. The van der Waals surface area contributed by atoms with Crippen LogP contribution in [0, 0.1) is 11.7 Å². The third-order valence-corrected chi connectivity index (χ3v) is 5.49. The molecule has 4 rings (SSSR count). The van der Waals surface area contributed by atoms with Crippen LogP contribution in [-0.4, -0.2) is 27.1 Å². The summed E-state index contributed by atoms with van der Waals surface area (Å²) in [5.74, 6) is -1.34. The third-order valence-electron chi connectivity index (χ3n) is 5.49. The zero-order chi connectivity index (χ0) is 20.4. The summed E-state index contributed by atoms with van der Waals surface area (Å²) in [5, 5.41) is 16.6. The number of anilines is 3. The van der Waals surface area contributed by atoms with Crippen molar-refractivity contribution in [3.05, 3.63) is 54.0 Å². The van der Waals surface area contributed by atoms with E-state index in [1.807, 2.05) is 30.3 Å². The highest BCUT2D eigenvalue weighted by Crippen LogP contribution is 2.30. The van der Waals surface area contributed by atoms with Crippen molar-refractivity contribution < 1.29 is 14.3 Å². The molecule has 2 aromatic heterocycles. The van der Waals surface area contributed by atoms with Crippen molar-refractivity contribution in [2.75, 3.05) is 10.6 Å². The van der Waals surface area contributed by atoms with Crippen LogP contribution in [-0.2, 0) is 0 Å². The third kappa shape index (κ3) is 4.13. The summed E-state index contributed by atoms with van der Waals surface area (Å²) in [6, 6.07) is 10.6. The molecule has 150 valence electrons. The summed E-state index contributed by atoms with van der Waals surface area (Å²) in [4.78, 5) is 20.3. The number of aromatic carboxylic acids is 1. The first-order chi connectivity index (χ1) is 14.0. The van der Waals surface area contributed by atoms with Crippen LogP contribution < -0.4 is 10.6 Å². The van der Waals surface area contributed by atoms with Crippen molar-refractivity contribution in [2.45, 2.75) is 38.6 Å². The quantitative estimate of drug-likeness (QED) is 0.551. The number of hydrogen-bond donors (Lipinski definition) is 3. The molecule has 2 atom stereocenters. The van der Waals surface area contributed by atoms with E-state index in [2.05, 4.69) is 27.5 Å². The van der Waals surface area contributed by atoms with Gasteiger partial charge in [-0.05, 0) is 37.0 Å². The van der Waals surface area contributed by atoms with E-state index in [1.165, 1.54) is 6.42 Å². The lowest BCUT2D eigenvalue weighted by atomic mass is 9.86. The lowest BCUT2D eigenvalue weighted by molar-refractivity contribution is 0.0697. The number of para-hydroxylation sites is 1. The molecule has 3 aromatic rings. The first-order valence-electron chi connectivity index (χ1n) is 9.83. The van der Waals surface area contributed by atoms with E-state index in [1.54, 1.807) is 6.20 Å². The van der Waals surface area contributed by atoms with Gasteiger partial charge in [0.2, 0.25) is 0 Å². The molecule has 1 aliphatic rings. The van der Waals surface area contributed by atoms with Gasteiger partial charge in [-0.25, -0.2) is 14.2 Å². The number of hydrogen-bond acceptors (Lipinski definition) is 5. The van der Waals surface area contributed by atoms with Crippen molar-refractivity contribution in [3.8, 4) is 0 Å². The summed E-state index contributed by atoms with van der Waals surface area (Å²) < 4.78 is 14.6. The number of fused-ring (bicyclic) bond motifs is 1. The maximum atomic E-state index is 14.6. The zero-order valence-electron chi connectivity index (χ0n) is 16.2. The number of pyridine rings is 2. The van der Waals surface area contributed by atoms with Gasteiger partial charge in [-0.15, -0.1) is 0 Å². The summed E-state index contributed by atoms with van der Waals surface area (Å²) in [7, 11) is 0. The molecule has 1 aliphatic carbocycles. The summed E-state index contributed by atoms with van der Waals surface area (Å²) in [6.45, 7) is 2.14. The number of carboxylic acids is 1. The Labute approximate surface area is 168 Å². The highest BCUT2D eigenvalue weighted by atomic mass is 19.1. The molecule has 1 fully saturated rings. The largest absolute Gasteiger partial charge is 0.478 e. The Morgan fingerprint density at radius 3 is 2.76 bits per heavy atom. The van der Waals surface area contributed by atoms with Crippen molar-refractivity contribution >= 4 is 34.2 Å². The minimum Gasteiger partial charge on any atom is -0.478 e. The SMILES string of the molecule is C[C@H]1CCCC[C@H]1Nc1nc(Nc2cnc3ccccc3c2)c(C(=O)O)cc1F. The average molecular weight is 394 g/mol. The van der Waals surface area contributed by atoms with Crippen LogP contribution in [0.5, 0.6) is 0 Å². The van der Waals surface area contributed by atoms with Crippen LogP contribution in [0.25, 0.3) is 10.9 Å². The molecule has 0 saturated heterocycles. The number of nitrogens with zero attached hydrogens (tertiary/aromatic N) is 2. The topological polar surface area (TPSA) is 87.1 Å². The van der Waals surface area contributed by atoms with Gasteiger partial charge in [0.25, 0.3) is 0 Å². The number of nitrogens with one attached hydrogen (secondary N) is 2. The van der Waals surface area contributed by atoms with Gasteiger partial charge >= 0.3 is 5.97 Å². The predicted octanol–water partition coefficient (Wildman–Crippen LogP) is 5.20. The molecule has 1 aromatic carbocycles. The van der Waals surface area contributed by atoms with Crippen LogP contribution >= 0.6 is 0 Å². The molecule has 0 spiro atoms. The fraction of sp³-hybridized carbons (Fsp3) is 0.318. The van der Waals surface area contributed by atoms with Crippen LogP contribution in [0.4, 0.5) is 21.7 Å². The monoisotopic (exact) mass is 394 g/mol. The van der Waals surface area contributed by atoms with Gasteiger partial charge in [0.05, 0.1) is 17.4 Å². The molecule has 0 unspecified atom stereocenters. The van der Waals surface area contributed by atoms with Gasteiger partial charge in [0.1, 0.15) is 11.4 Å². The first kappa shape index (κ1) is 19.1. The normalized spacial score (nSPS) is 19.1. The second-order valence-corrected chi connectivity index (χ2v) is 7.57. The molecule has 1 saturated carbocycles. The lowest BCUT2D eigenvalue weighted by Crippen LogP contribution is -2.31. The Morgan fingerprint density at radius 1 is 1.17 bits per heavy atom. The van der Waals surface area contributed by atoms with E-state index in [0.29, 0.717) is 11.6 Å². The second kappa shape index (κ2) is 8.03. The maximum Gasteiger partial charge on any atom is 0.339 e. The predicted molar refractivity (Wildman–Crippen MR) is 111 cm³/mol. The van der Waals surface area contributed by atoms with Gasteiger partial charge in [-0.2, -0.15) is 0 Å². The van der Waals surface area contributed by atoms with E-state index in [-0.39, 0.29) is 23.2 Å². The summed E-state index contributed by atoms with van der Waals surface area (Å²) in [5.41, 5.74) is 1.19. The van der Waals surface area contributed by atoms with E-state index >= 15 is 0 Å². The molecule has 2 heterocycles. The number of aromatic nitrogens is 2. The standard InChI is InChI=1S/C22H23FN4O2/c1-13-6-2-4-8-18(13)26-21-17(23)11-16(22(28)29)20(27-21)25-15-10-14-7-3-5-9-19(14)24-12-15/h3,5,7,9-13,18H,2,4,6,8H2,1H3,(H,28,29)(H2,25,26,27)/t13-,18+/m0/s1. The Bertz CT molecular complexity index is 1060.